The Balaban J connectivity index is 2.68. The van der Waals surface area contributed by atoms with E-state index in [2.05, 4.69) is 18.3 Å². The summed E-state index contributed by atoms with van der Waals surface area (Å²) in [6.45, 7) is 3.11. The van der Waals surface area contributed by atoms with Crippen LogP contribution in [0.4, 0.5) is 0 Å². The summed E-state index contributed by atoms with van der Waals surface area (Å²) in [6.07, 6.45) is 4.99. The standard InChI is InChI=1S/C9H17N3S/c1-3-6-12-9(4-5-11-12)8(10)7-13-2/h4-5,8H,3,6-7,10H2,1-2H3. The van der Waals surface area contributed by atoms with E-state index < -0.39 is 0 Å². The number of nitrogens with zero attached hydrogens (tertiary/aromatic N) is 2. The molecule has 74 valence electrons. The van der Waals surface area contributed by atoms with Crippen LogP contribution in [-0.2, 0) is 6.54 Å². The van der Waals surface area contributed by atoms with Crippen LogP contribution in [0, 0.1) is 0 Å². The Morgan fingerprint density at radius 3 is 3.08 bits per heavy atom. The normalized spacial score (nSPS) is 13.2. The number of aryl methyl sites for hydroxylation is 1. The van der Waals surface area contributed by atoms with E-state index >= 15 is 0 Å². The van der Waals surface area contributed by atoms with E-state index in [1.165, 1.54) is 0 Å². The molecule has 1 unspecified atom stereocenters. The minimum atomic E-state index is 0.115. The molecule has 2 N–H and O–H groups in total. The Hall–Kier alpha value is -0.480. The van der Waals surface area contributed by atoms with Crippen molar-refractivity contribution in [3.8, 4) is 0 Å². The van der Waals surface area contributed by atoms with Crippen molar-refractivity contribution in [3.05, 3.63) is 18.0 Å². The molecule has 0 amide bonds. The molecule has 0 radical (unpaired) electrons. The van der Waals surface area contributed by atoms with E-state index in [9.17, 15) is 0 Å². The summed E-state index contributed by atoms with van der Waals surface area (Å²) < 4.78 is 2.00. The summed E-state index contributed by atoms with van der Waals surface area (Å²) in [5.41, 5.74) is 7.15. The molecule has 0 aliphatic heterocycles. The van der Waals surface area contributed by atoms with Crippen LogP contribution in [0.3, 0.4) is 0 Å². The summed E-state index contributed by atoms with van der Waals surface area (Å²) in [4.78, 5) is 0. The zero-order chi connectivity index (χ0) is 9.68. The first-order valence-corrected chi connectivity index (χ1v) is 5.95. The summed E-state index contributed by atoms with van der Waals surface area (Å²) in [7, 11) is 0. The van der Waals surface area contributed by atoms with Gasteiger partial charge in [-0.05, 0) is 18.7 Å². The van der Waals surface area contributed by atoms with Gasteiger partial charge in [-0.15, -0.1) is 0 Å². The van der Waals surface area contributed by atoms with Gasteiger partial charge in [-0.25, -0.2) is 0 Å². The lowest BCUT2D eigenvalue weighted by Crippen LogP contribution is -2.18. The molecule has 0 aliphatic carbocycles. The van der Waals surface area contributed by atoms with Gasteiger partial charge in [0.1, 0.15) is 0 Å². The highest BCUT2D eigenvalue weighted by molar-refractivity contribution is 7.98. The van der Waals surface area contributed by atoms with Crippen molar-refractivity contribution in [2.24, 2.45) is 5.73 Å². The number of thioether (sulfide) groups is 1. The average Bonchev–Trinajstić information content (AvgIpc) is 2.54. The van der Waals surface area contributed by atoms with Crippen LogP contribution in [0.15, 0.2) is 12.3 Å². The molecule has 0 saturated heterocycles. The smallest absolute Gasteiger partial charge is 0.0559 e. The first-order valence-electron chi connectivity index (χ1n) is 4.55. The molecular weight excluding hydrogens is 182 g/mol. The third-order valence-electron chi connectivity index (χ3n) is 1.91. The van der Waals surface area contributed by atoms with Gasteiger partial charge in [-0.1, -0.05) is 6.92 Å². The molecule has 0 saturated carbocycles. The van der Waals surface area contributed by atoms with Crippen LogP contribution in [0.5, 0.6) is 0 Å². The second-order valence-corrected chi connectivity index (χ2v) is 3.95. The molecule has 0 aliphatic rings. The zero-order valence-electron chi connectivity index (χ0n) is 8.23. The number of hydrogen-bond acceptors (Lipinski definition) is 3. The topological polar surface area (TPSA) is 43.8 Å². The summed E-state index contributed by atoms with van der Waals surface area (Å²) in [5.74, 6) is 0.954. The van der Waals surface area contributed by atoms with Crippen molar-refractivity contribution in [2.45, 2.75) is 25.9 Å². The molecule has 1 heterocycles. The highest BCUT2D eigenvalue weighted by Crippen LogP contribution is 2.14. The predicted octanol–water partition coefficient (Wildman–Crippen LogP) is 1.66. The van der Waals surface area contributed by atoms with Gasteiger partial charge in [-0.3, -0.25) is 4.68 Å². The molecule has 1 rings (SSSR count). The maximum Gasteiger partial charge on any atom is 0.0559 e. The van der Waals surface area contributed by atoms with Gasteiger partial charge >= 0.3 is 0 Å². The SMILES string of the molecule is CCCn1nccc1C(N)CSC. The maximum atomic E-state index is 6.00. The number of nitrogens with two attached hydrogens (primary N) is 1. The summed E-state index contributed by atoms with van der Waals surface area (Å²) in [6, 6.07) is 2.13. The van der Waals surface area contributed by atoms with Crippen LogP contribution in [-0.4, -0.2) is 21.8 Å². The molecule has 1 aromatic rings. The molecule has 3 nitrogen and oxygen atoms in total. The summed E-state index contributed by atoms with van der Waals surface area (Å²) in [5, 5.41) is 4.24. The van der Waals surface area contributed by atoms with E-state index in [1.54, 1.807) is 11.8 Å². The van der Waals surface area contributed by atoms with Gasteiger partial charge in [0.15, 0.2) is 0 Å². The number of hydrogen-bond donors (Lipinski definition) is 1. The van der Waals surface area contributed by atoms with Crippen LogP contribution >= 0.6 is 11.8 Å². The average molecular weight is 199 g/mol. The fourth-order valence-electron chi connectivity index (χ4n) is 1.32. The van der Waals surface area contributed by atoms with Gasteiger partial charge in [0, 0.05) is 18.5 Å². The Bertz CT molecular complexity index is 247. The quantitative estimate of drug-likeness (QED) is 0.784. The fourth-order valence-corrected chi connectivity index (χ4v) is 1.85. The van der Waals surface area contributed by atoms with Crippen molar-refractivity contribution in [3.63, 3.8) is 0 Å². The number of aromatic nitrogens is 2. The first kappa shape index (κ1) is 10.6. The first-order chi connectivity index (χ1) is 6.29. The van der Waals surface area contributed by atoms with Crippen molar-refractivity contribution in [1.82, 2.24) is 9.78 Å². The van der Waals surface area contributed by atoms with E-state index in [0.29, 0.717) is 0 Å². The van der Waals surface area contributed by atoms with Gasteiger partial charge in [0.25, 0.3) is 0 Å². The monoisotopic (exact) mass is 199 g/mol. The molecule has 1 atom stereocenters. The van der Waals surface area contributed by atoms with Crippen LogP contribution < -0.4 is 5.73 Å². The fraction of sp³-hybridized carbons (Fsp3) is 0.667. The van der Waals surface area contributed by atoms with Crippen LogP contribution in [0.2, 0.25) is 0 Å². The Labute approximate surface area is 83.7 Å². The van der Waals surface area contributed by atoms with E-state index in [0.717, 1.165) is 24.4 Å². The molecule has 0 fully saturated rings. The second-order valence-electron chi connectivity index (χ2n) is 3.04. The zero-order valence-corrected chi connectivity index (χ0v) is 9.05. The van der Waals surface area contributed by atoms with E-state index in [-0.39, 0.29) is 6.04 Å². The lowest BCUT2D eigenvalue weighted by molar-refractivity contribution is 0.554. The Morgan fingerprint density at radius 1 is 1.69 bits per heavy atom. The lowest BCUT2D eigenvalue weighted by atomic mass is 10.2. The molecule has 0 aromatic carbocycles. The Morgan fingerprint density at radius 2 is 2.46 bits per heavy atom. The van der Waals surface area contributed by atoms with Gasteiger partial charge in [-0.2, -0.15) is 16.9 Å². The Kier molecular flexibility index (Phi) is 4.32. The molecule has 0 spiro atoms. The third kappa shape index (κ3) is 2.74. The van der Waals surface area contributed by atoms with Crippen molar-refractivity contribution < 1.29 is 0 Å². The minimum absolute atomic E-state index is 0.115. The van der Waals surface area contributed by atoms with Crippen LogP contribution in [0.1, 0.15) is 25.1 Å². The van der Waals surface area contributed by atoms with E-state index in [4.69, 9.17) is 5.73 Å². The van der Waals surface area contributed by atoms with E-state index in [1.807, 2.05) is 16.9 Å². The highest BCUT2D eigenvalue weighted by atomic mass is 32.2. The summed E-state index contributed by atoms with van der Waals surface area (Å²) >= 11 is 1.77. The molecule has 4 heteroatoms. The molecule has 1 aromatic heterocycles. The predicted molar refractivity (Wildman–Crippen MR) is 57.8 cm³/mol. The number of rotatable bonds is 5. The largest absolute Gasteiger partial charge is 0.322 e. The highest BCUT2D eigenvalue weighted by Gasteiger charge is 2.09. The van der Waals surface area contributed by atoms with Crippen molar-refractivity contribution in [2.75, 3.05) is 12.0 Å². The van der Waals surface area contributed by atoms with Crippen molar-refractivity contribution >= 4 is 11.8 Å². The minimum Gasteiger partial charge on any atom is -0.322 e. The molecule has 13 heavy (non-hydrogen) atoms. The lowest BCUT2D eigenvalue weighted by Gasteiger charge is -2.12. The van der Waals surface area contributed by atoms with Gasteiger partial charge in [0.2, 0.25) is 0 Å². The molecule has 0 bridgehead atoms. The third-order valence-corrected chi connectivity index (χ3v) is 2.60. The van der Waals surface area contributed by atoms with Crippen LogP contribution in [0.25, 0.3) is 0 Å². The van der Waals surface area contributed by atoms with Gasteiger partial charge < -0.3 is 5.73 Å². The second kappa shape index (κ2) is 5.29. The maximum absolute atomic E-state index is 6.00. The van der Waals surface area contributed by atoms with Crippen molar-refractivity contribution in [1.29, 1.82) is 0 Å². The molecular formula is C9H17N3S. The van der Waals surface area contributed by atoms with Gasteiger partial charge in [0.05, 0.1) is 11.7 Å².